The number of fused-ring (bicyclic) bond motifs is 1. The van der Waals surface area contributed by atoms with Crippen molar-refractivity contribution in [2.75, 3.05) is 5.32 Å². The highest BCUT2D eigenvalue weighted by atomic mass is 35.5. The lowest BCUT2D eigenvalue weighted by molar-refractivity contribution is 0.983. The summed E-state index contributed by atoms with van der Waals surface area (Å²) in [6.07, 6.45) is 0. The van der Waals surface area contributed by atoms with Gasteiger partial charge in [0.05, 0.1) is 16.4 Å². The van der Waals surface area contributed by atoms with Crippen molar-refractivity contribution in [3.05, 3.63) is 75.8 Å². The molecule has 0 spiro atoms. The Bertz CT molecular complexity index is 1360. The van der Waals surface area contributed by atoms with E-state index in [2.05, 4.69) is 25.4 Å². The summed E-state index contributed by atoms with van der Waals surface area (Å²) in [5, 5.41) is 10.9. The molecule has 148 valence electrons. The summed E-state index contributed by atoms with van der Waals surface area (Å²) in [7, 11) is 0. The number of benzene rings is 2. The molecule has 9 heteroatoms. The lowest BCUT2D eigenvalue weighted by Gasteiger charge is -2.06. The highest BCUT2D eigenvalue weighted by Gasteiger charge is 2.15. The Morgan fingerprint density at radius 1 is 0.967 bits per heavy atom. The van der Waals surface area contributed by atoms with Gasteiger partial charge in [-0.05, 0) is 25.1 Å². The van der Waals surface area contributed by atoms with E-state index in [9.17, 15) is 0 Å². The van der Waals surface area contributed by atoms with E-state index in [1.807, 2.05) is 54.8 Å². The van der Waals surface area contributed by atoms with Crippen LogP contribution in [-0.2, 0) is 0 Å². The Morgan fingerprint density at radius 3 is 2.63 bits per heavy atom. The molecular weight excluding hydrogens is 439 g/mol. The molecule has 5 aromatic rings. The largest absolute Gasteiger partial charge is 0.307 e. The number of nitrogens with one attached hydrogen (secondary N) is 1. The second kappa shape index (κ2) is 7.68. The summed E-state index contributed by atoms with van der Waals surface area (Å²) in [5.74, 6) is 1.73. The van der Waals surface area contributed by atoms with E-state index in [-0.39, 0.29) is 0 Å². The van der Waals surface area contributed by atoms with Crippen LogP contribution in [0.2, 0.25) is 10.0 Å². The van der Waals surface area contributed by atoms with E-state index in [1.165, 1.54) is 11.3 Å². The fourth-order valence-corrected chi connectivity index (χ4v) is 4.33. The fourth-order valence-electron chi connectivity index (χ4n) is 3.12. The molecule has 3 heterocycles. The van der Waals surface area contributed by atoms with E-state index < -0.39 is 0 Å². The first-order valence-electron chi connectivity index (χ1n) is 9.04. The number of aryl methyl sites for hydroxylation is 1. The third-order valence-corrected chi connectivity index (χ3v) is 5.81. The third-order valence-electron chi connectivity index (χ3n) is 4.43. The lowest BCUT2D eigenvalue weighted by atomic mass is 10.1. The molecule has 0 bridgehead atoms. The molecule has 5 rings (SSSR count). The van der Waals surface area contributed by atoms with Crippen LogP contribution in [0.3, 0.4) is 0 Å². The second-order valence-electron chi connectivity index (χ2n) is 6.55. The molecule has 1 N–H and O–H groups in total. The van der Waals surface area contributed by atoms with Gasteiger partial charge in [0, 0.05) is 27.6 Å². The monoisotopic (exact) mass is 452 g/mol. The van der Waals surface area contributed by atoms with Crippen LogP contribution in [0.15, 0.2) is 60.0 Å². The minimum Gasteiger partial charge on any atom is -0.307 e. The summed E-state index contributed by atoms with van der Waals surface area (Å²) in [5.41, 5.74) is 3.48. The van der Waals surface area contributed by atoms with Crippen molar-refractivity contribution in [1.29, 1.82) is 0 Å². The van der Waals surface area contributed by atoms with Gasteiger partial charge in [-0.1, -0.05) is 53.5 Å². The van der Waals surface area contributed by atoms with Crippen LogP contribution in [0.25, 0.3) is 27.5 Å². The van der Waals surface area contributed by atoms with Gasteiger partial charge in [-0.2, -0.15) is 4.98 Å². The molecule has 0 saturated heterocycles. The van der Waals surface area contributed by atoms with E-state index >= 15 is 0 Å². The minimum absolute atomic E-state index is 0.443. The van der Waals surface area contributed by atoms with Crippen molar-refractivity contribution >= 4 is 51.3 Å². The predicted molar refractivity (Wildman–Crippen MR) is 122 cm³/mol. The first-order valence-corrected chi connectivity index (χ1v) is 10.7. The molecule has 0 fully saturated rings. The zero-order valence-corrected chi connectivity index (χ0v) is 18.0. The summed E-state index contributed by atoms with van der Waals surface area (Å²) in [6.45, 7) is 1.86. The number of hydrogen-bond donors (Lipinski definition) is 1. The summed E-state index contributed by atoms with van der Waals surface area (Å²) < 4.78 is 1.75. The molecule has 6 nitrogen and oxygen atoms in total. The highest BCUT2D eigenvalue weighted by molar-refractivity contribution is 7.15. The van der Waals surface area contributed by atoms with E-state index in [0.717, 1.165) is 27.5 Å². The van der Waals surface area contributed by atoms with Crippen molar-refractivity contribution in [2.45, 2.75) is 6.92 Å². The first kappa shape index (κ1) is 19.0. The van der Waals surface area contributed by atoms with E-state index in [0.29, 0.717) is 27.6 Å². The smallest absolute Gasteiger partial charge is 0.249 e. The van der Waals surface area contributed by atoms with Gasteiger partial charge in [-0.25, -0.2) is 14.5 Å². The number of halogens is 2. The molecule has 3 aromatic heterocycles. The standard InChI is InChI=1S/C21H14Cl2N6S/c1-12-24-17(13-5-3-2-4-6-13)10-19(25-12)26-20-27-21-29(28-20)18(11-30-21)15-9-14(22)7-8-16(15)23/h2-11H,1H3,(H,24,25,26,28). The van der Waals surface area contributed by atoms with Gasteiger partial charge in [-0.15, -0.1) is 16.4 Å². The van der Waals surface area contributed by atoms with Gasteiger partial charge in [0.1, 0.15) is 11.6 Å². The first-order chi connectivity index (χ1) is 14.6. The Balaban J connectivity index is 1.51. The molecule has 0 atom stereocenters. The van der Waals surface area contributed by atoms with E-state index in [4.69, 9.17) is 23.2 Å². The second-order valence-corrected chi connectivity index (χ2v) is 8.23. The zero-order chi connectivity index (χ0) is 20.7. The average Bonchev–Trinajstić information content (AvgIpc) is 3.30. The fraction of sp³-hybridized carbons (Fsp3) is 0.0476. The average molecular weight is 453 g/mol. The van der Waals surface area contributed by atoms with Gasteiger partial charge in [0.15, 0.2) is 0 Å². The Labute approximate surface area is 186 Å². The van der Waals surface area contributed by atoms with Crippen LogP contribution in [0.1, 0.15) is 5.82 Å². The third kappa shape index (κ3) is 3.63. The maximum Gasteiger partial charge on any atom is 0.249 e. The van der Waals surface area contributed by atoms with Crippen LogP contribution in [-0.4, -0.2) is 24.6 Å². The topological polar surface area (TPSA) is 68.0 Å². The molecule has 0 aliphatic carbocycles. The quantitative estimate of drug-likeness (QED) is 0.347. The molecule has 2 aromatic carbocycles. The minimum atomic E-state index is 0.443. The van der Waals surface area contributed by atoms with Crippen LogP contribution in [0.5, 0.6) is 0 Å². The molecule has 30 heavy (non-hydrogen) atoms. The Kier molecular flexibility index (Phi) is 4.86. The highest BCUT2D eigenvalue weighted by Crippen LogP contribution is 2.33. The SMILES string of the molecule is Cc1nc(Nc2nc3scc(-c4cc(Cl)ccc4Cl)n3n2)cc(-c2ccccc2)n1. The van der Waals surface area contributed by atoms with Gasteiger partial charge in [0.2, 0.25) is 10.9 Å². The van der Waals surface area contributed by atoms with Crippen molar-refractivity contribution in [3.63, 3.8) is 0 Å². The maximum absolute atomic E-state index is 6.37. The Hall–Kier alpha value is -3.00. The summed E-state index contributed by atoms with van der Waals surface area (Å²) in [4.78, 5) is 14.3. The molecule has 0 aliphatic heterocycles. The van der Waals surface area contributed by atoms with Crippen molar-refractivity contribution in [3.8, 4) is 22.5 Å². The van der Waals surface area contributed by atoms with E-state index in [1.54, 1.807) is 16.6 Å². The van der Waals surface area contributed by atoms with Crippen molar-refractivity contribution in [2.24, 2.45) is 0 Å². The van der Waals surface area contributed by atoms with Crippen LogP contribution >= 0.6 is 34.5 Å². The van der Waals surface area contributed by atoms with Gasteiger partial charge in [-0.3, -0.25) is 0 Å². The van der Waals surface area contributed by atoms with Gasteiger partial charge >= 0.3 is 0 Å². The lowest BCUT2D eigenvalue weighted by Crippen LogP contribution is -2.00. The number of thiazole rings is 1. The Morgan fingerprint density at radius 2 is 1.80 bits per heavy atom. The normalized spacial score (nSPS) is 11.2. The number of anilines is 2. The number of hydrogen-bond acceptors (Lipinski definition) is 6. The number of nitrogens with zero attached hydrogens (tertiary/aromatic N) is 5. The zero-order valence-electron chi connectivity index (χ0n) is 15.7. The number of aromatic nitrogens is 5. The molecule has 0 saturated carbocycles. The molecular formula is C21H14Cl2N6S. The molecule has 0 unspecified atom stereocenters. The van der Waals surface area contributed by atoms with Crippen molar-refractivity contribution in [1.82, 2.24) is 24.6 Å². The molecule has 0 amide bonds. The van der Waals surface area contributed by atoms with Gasteiger partial charge < -0.3 is 5.32 Å². The molecule has 0 aliphatic rings. The summed E-state index contributed by atoms with van der Waals surface area (Å²) >= 11 is 14.0. The number of rotatable bonds is 4. The van der Waals surface area contributed by atoms with Crippen LogP contribution < -0.4 is 5.32 Å². The van der Waals surface area contributed by atoms with Crippen molar-refractivity contribution < 1.29 is 0 Å². The summed E-state index contributed by atoms with van der Waals surface area (Å²) in [6, 6.07) is 17.2. The van der Waals surface area contributed by atoms with Gasteiger partial charge in [0.25, 0.3) is 0 Å². The maximum atomic E-state index is 6.37. The van der Waals surface area contributed by atoms with Crippen LogP contribution in [0.4, 0.5) is 11.8 Å². The predicted octanol–water partition coefficient (Wildman–Crippen LogP) is 6.27. The van der Waals surface area contributed by atoms with Crippen LogP contribution in [0, 0.1) is 6.92 Å². The molecule has 0 radical (unpaired) electrons.